The first-order valence-electron chi connectivity index (χ1n) is 3.56. The molecule has 0 aliphatic heterocycles. The second-order valence-corrected chi connectivity index (χ2v) is 2.68. The molecule has 0 spiro atoms. The van der Waals surface area contributed by atoms with Gasteiger partial charge in [-0.3, -0.25) is 4.68 Å². The molecule has 60 valence electrons. The Morgan fingerprint density at radius 2 is 2.36 bits per heavy atom. The van der Waals surface area contributed by atoms with Crippen LogP contribution in [0.1, 0.15) is 18.3 Å². The first-order valence-corrected chi connectivity index (χ1v) is 3.93. The van der Waals surface area contributed by atoms with Crippen LogP contribution in [-0.4, -0.2) is 9.78 Å². The molecule has 0 unspecified atom stereocenters. The molecular formula is C8H11ClN2. The van der Waals surface area contributed by atoms with Gasteiger partial charge in [-0.05, 0) is 19.9 Å². The van der Waals surface area contributed by atoms with Gasteiger partial charge in [0.25, 0.3) is 0 Å². The van der Waals surface area contributed by atoms with Gasteiger partial charge in [0.05, 0.1) is 10.7 Å². The van der Waals surface area contributed by atoms with Crippen molar-refractivity contribution in [1.82, 2.24) is 9.78 Å². The number of rotatable bonds is 2. The zero-order chi connectivity index (χ0) is 8.43. The highest BCUT2D eigenvalue weighted by Gasteiger charge is 2.07. The third-order valence-electron chi connectivity index (χ3n) is 1.65. The monoisotopic (exact) mass is 170 g/mol. The predicted octanol–water partition coefficient (Wildman–Crippen LogP) is 2.51. The fraction of sp³-hybridized carbons (Fsp3) is 0.375. The van der Waals surface area contributed by atoms with Crippen LogP contribution in [0.15, 0.2) is 6.58 Å². The zero-order valence-electron chi connectivity index (χ0n) is 6.76. The highest BCUT2D eigenvalue weighted by atomic mass is 35.5. The maximum Gasteiger partial charge on any atom is 0.103 e. The van der Waals surface area contributed by atoms with Gasteiger partial charge >= 0.3 is 0 Å². The first-order chi connectivity index (χ1) is 5.20. The van der Waals surface area contributed by atoms with E-state index in [0.717, 1.165) is 17.9 Å². The lowest BCUT2D eigenvalue weighted by atomic mass is 10.3. The maximum absolute atomic E-state index is 5.94. The van der Waals surface area contributed by atoms with Crippen molar-refractivity contribution >= 4 is 17.7 Å². The van der Waals surface area contributed by atoms with E-state index in [1.807, 2.05) is 18.5 Å². The van der Waals surface area contributed by atoms with Gasteiger partial charge in [-0.1, -0.05) is 18.2 Å². The van der Waals surface area contributed by atoms with Crippen molar-refractivity contribution in [2.45, 2.75) is 20.4 Å². The van der Waals surface area contributed by atoms with E-state index >= 15 is 0 Å². The van der Waals surface area contributed by atoms with Crippen LogP contribution in [0, 0.1) is 6.92 Å². The fourth-order valence-electron chi connectivity index (χ4n) is 0.986. The Kier molecular flexibility index (Phi) is 2.35. The number of hydrogen-bond donors (Lipinski definition) is 0. The van der Waals surface area contributed by atoms with Crippen molar-refractivity contribution in [3.63, 3.8) is 0 Å². The van der Waals surface area contributed by atoms with Gasteiger partial charge in [0, 0.05) is 6.54 Å². The van der Waals surface area contributed by atoms with Gasteiger partial charge in [-0.25, -0.2) is 0 Å². The third kappa shape index (κ3) is 1.31. The Hall–Kier alpha value is -0.760. The second-order valence-electron chi connectivity index (χ2n) is 2.30. The maximum atomic E-state index is 5.94. The summed E-state index contributed by atoms with van der Waals surface area (Å²) >= 11 is 5.94. The molecule has 0 N–H and O–H groups in total. The molecule has 0 amide bonds. The highest BCUT2D eigenvalue weighted by Crippen LogP contribution is 2.20. The van der Waals surface area contributed by atoms with E-state index < -0.39 is 0 Å². The smallest absolute Gasteiger partial charge is 0.103 e. The fourth-order valence-corrected chi connectivity index (χ4v) is 1.20. The molecule has 1 aromatic rings. The summed E-state index contributed by atoms with van der Waals surface area (Å²) in [6, 6.07) is 0. The van der Waals surface area contributed by atoms with E-state index in [9.17, 15) is 0 Å². The van der Waals surface area contributed by atoms with Gasteiger partial charge in [0.2, 0.25) is 0 Å². The van der Waals surface area contributed by atoms with E-state index in [1.54, 1.807) is 6.08 Å². The lowest BCUT2D eigenvalue weighted by Crippen LogP contribution is -1.98. The Morgan fingerprint density at radius 1 is 1.73 bits per heavy atom. The molecule has 0 aliphatic rings. The average molecular weight is 171 g/mol. The molecule has 0 aliphatic carbocycles. The minimum atomic E-state index is 0.710. The average Bonchev–Trinajstić information content (AvgIpc) is 2.30. The summed E-state index contributed by atoms with van der Waals surface area (Å²) < 4.78 is 1.86. The van der Waals surface area contributed by atoms with Gasteiger partial charge in [0.1, 0.15) is 5.69 Å². The van der Waals surface area contributed by atoms with Gasteiger partial charge in [-0.2, -0.15) is 5.10 Å². The van der Waals surface area contributed by atoms with E-state index in [-0.39, 0.29) is 0 Å². The van der Waals surface area contributed by atoms with Crippen LogP contribution in [0.2, 0.25) is 5.02 Å². The molecule has 1 rings (SSSR count). The molecular weight excluding hydrogens is 160 g/mol. The zero-order valence-corrected chi connectivity index (χ0v) is 7.52. The molecule has 0 bridgehead atoms. The van der Waals surface area contributed by atoms with E-state index in [1.165, 1.54) is 0 Å². The topological polar surface area (TPSA) is 17.8 Å². The summed E-state index contributed by atoms with van der Waals surface area (Å²) in [4.78, 5) is 0. The normalized spacial score (nSPS) is 10.1. The second kappa shape index (κ2) is 3.09. The molecule has 2 nitrogen and oxygen atoms in total. The number of aromatic nitrogens is 2. The summed E-state index contributed by atoms with van der Waals surface area (Å²) in [7, 11) is 0. The first kappa shape index (κ1) is 8.34. The Bertz CT molecular complexity index is 276. The molecule has 0 fully saturated rings. The van der Waals surface area contributed by atoms with E-state index in [4.69, 9.17) is 11.6 Å². The molecule has 3 heteroatoms. The summed E-state index contributed by atoms with van der Waals surface area (Å²) in [5, 5.41) is 4.92. The predicted molar refractivity (Wildman–Crippen MR) is 47.7 cm³/mol. The summed E-state index contributed by atoms with van der Waals surface area (Å²) in [6.45, 7) is 8.45. The summed E-state index contributed by atoms with van der Waals surface area (Å²) in [6.07, 6.45) is 1.67. The van der Waals surface area contributed by atoms with Crippen molar-refractivity contribution in [1.29, 1.82) is 0 Å². The van der Waals surface area contributed by atoms with Crippen LogP contribution in [0.3, 0.4) is 0 Å². The van der Waals surface area contributed by atoms with Crippen LogP contribution in [-0.2, 0) is 6.54 Å². The minimum Gasteiger partial charge on any atom is -0.268 e. The van der Waals surface area contributed by atoms with E-state index in [0.29, 0.717) is 5.02 Å². The van der Waals surface area contributed by atoms with E-state index in [2.05, 4.69) is 11.7 Å². The lowest BCUT2D eigenvalue weighted by Gasteiger charge is -1.96. The molecule has 11 heavy (non-hydrogen) atoms. The quantitative estimate of drug-likeness (QED) is 0.667. The van der Waals surface area contributed by atoms with Crippen LogP contribution < -0.4 is 0 Å². The summed E-state index contributed by atoms with van der Waals surface area (Å²) in [5.74, 6) is 0. The molecule has 1 aromatic heterocycles. The van der Waals surface area contributed by atoms with Crippen LogP contribution in [0.5, 0.6) is 0 Å². The molecule has 1 heterocycles. The highest BCUT2D eigenvalue weighted by molar-refractivity contribution is 6.32. The van der Waals surface area contributed by atoms with Crippen LogP contribution in [0.25, 0.3) is 6.08 Å². The Balaban J connectivity index is 3.22. The molecule has 0 saturated heterocycles. The molecule has 0 atom stereocenters. The molecule has 0 aromatic carbocycles. The number of nitrogens with zero attached hydrogens (tertiary/aromatic N) is 2. The van der Waals surface area contributed by atoms with Gasteiger partial charge in [0.15, 0.2) is 0 Å². The minimum absolute atomic E-state index is 0.710. The standard InChI is InChI=1S/C8H11ClN2/c1-4-7-8(9)6(3)11(5-2)10-7/h4H,1,5H2,2-3H3. The lowest BCUT2D eigenvalue weighted by molar-refractivity contribution is 0.638. The number of halogens is 1. The van der Waals surface area contributed by atoms with Crippen molar-refractivity contribution in [2.24, 2.45) is 0 Å². The van der Waals surface area contributed by atoms with Crippen molar-refractivity contribution in [2.75, 3.05) is 0 Å². The van der Waals surface area contributed by atoms with Crippen molar-refractivity contribution < 1.29 is 0 Å². The number of hydrogen-bond acceptors (Lipinski definition) is 1. The summed E-state index contributed by atoms with van der Waals surface area (Å²) in [5.41, 5.74) is 1.77. The molecule has 0 radical (unpaired) electrons. The third-order valence-corrected chi connectivity index (χ3v) is 2.12. The van der Waals surface area contributed by atoms with Gasteiger partial charge in [-0.15, -0.1) is 0 Å². The largest absolute Gasteiger partial charge is 0.268 e. The van der Waals surface area contributed by atoms with Crippen LogP contribution >= 0.6 is 11.6 Å². The van der Waals surface area contributed by atoms with Crippen LogP contribution in [0.4, 0.5) is 0 Å². The number of aryl methyl sites for hydroxylation is 1. The van der Waals surface area contributed by atoms with Crippen molar-refractivity contribution in [3.8, 4) is 0 Å². The molecule has 0 saturated carbocycles. The SMILES string of the molecule is C=Cc1nn(CC)c(C)c1Cl. The Morgan fingerprint density at radius 3 is 2.64 bits per heavy atom. The van der Waals surface area contributed by atoms with Crippen molar-refractivity contribution in [3.05, 3.63) is 23.0 Å². The Labute approximate surface area is 71.5 Å². The van der Waals surface area contributed by atoms with Gasteiger partial charge < -0.3 is 0 Å².